The van der Waals surface area contributed by atoms with E-state index in [2.05, 4.69) is 12.1 Å². The van der Waals surface area contributed by atoms with Gasteiger partial charge < -0.3 is 9.80 Å². The zero-order valence-electron chi connectivity index (χ0n) is 22.8. The molecule has 39 heavy (non-hydrogen) atoms. The van der Waals surface area contributed by atoms with Crippen LogP contribution in [0.1, 0.15) is 67.3 Å². The van der Waals surface area contributed by atoms with Crippen LogP contribution in [0.5, 0.6) is 0 Å². The number of benzene rings is 2. The monoisotopic (exact) mass is 544 g/mol. The summed E-state index contributed by atoms with van der Waals surface area (Å²) in [5.41, 5.74) is -0.345. The van der Waals surface area contributed by atoms with Gasteiger partial charge in [-0.25, -0.2) is 4.39 Å². The lowest BCUT2D eigenvalue weighted by Crippen LogP contribution is -2.51. The van der Waals surface area contributed by atoms with Gasteiger partial charge in [0.15, 0.2) is 0 Å². The minimum absolute atomic E-state index is 0.0253. The molecule has 0 saturated carbocycles. The zero-order chi connectivity index (χ0) is 28.2. The van der Waals surface area contributed by atoms with E-state index in [0.717, 1.165) is 22.3 Å². The van der Waals surface area contributed by atoms with Gasteiger partial charge in [0, 0.05) is 43.9 Å². The molecule has 3 unspecified atom stereocenters. The molecule has 2 amide bonds. The van der Waals surface area contributed by atoms with Gasteiger partial charge in [-0.15, -0.1) is 0 Å². The fourth-order valence-corrected chi connectivity index (χ4v) is 7.03. The van der Waals surface area contributed by atoms with Crippen LogP contribution in [0.3, 0.4) is 0 Å². The minimum Gasteiger partial charge on any atom is -0.343 e. The highest BCUT2D eigenvalue weighted by Gasteiger charge is 2.56. The van der Waals surface area contributed by atoms with Gasteiger partial charge in [0.05, 0.1) is 0 Å². The lowest BCUT2D eigenvalue weighted by Gasteiger charge is -2.45. The molecular weight excluding hydrogens is 508 g/mol. The largest absolute Gasteiger partial charge is 0.426 e. The standard InChI is InChI=1S/C31H36F4N2O2/c1-20-4-6-22(7-5-20)19-30-14-17-37(28(39)23-12-15-36(16-13-23)21(2)38)27(30)11-8-24-18-25(9-10-26(24)30)29(3,32)31(33,34)35/h4-7,9-10,18,23,27H,8,11-17,19H2,1-3H3. The van der Waals surface area contributed by atoms with Crippen molar-refractivity contribution >= 4 is 11.8 Å². The average Bonchev–Trinajstić information content (AvgIpc) is 3.28. The van der Waals surface area contributed by atoms with Gasteiger partial charge in [0.25, 0.3) is 0 Å². The molecule has 0 aromatic heterocycles. The van der Waals surface area contributed by atoms with Gasteiger partial charge in [0.2, 0.25) is 17.5 Å². The van der Waals surface area contributed by atoms with Crippen LogP contribution >= 0.6 is 0 Å². The van der Waals surface area contributed by atoms with Crippen LogP contribution in [0.25, 0.3) is 0 Å². The third-order valence-corrected chi connectivity index (χ3v) is 9.43. The van der Waals surface area contributed by atoms with E-state index in [0.29, 0.717) is 65.1 Å². The van der Waals surface area contributed by atoms with Crippen molar-refractivity contribution in [3.05, 3.63) is 70.3 Å². The number of carbonyl (C=O) groups excluding carboxylic acids is 2. The van der Waals surface area contributed by atoms with Crippen molar-refractivity contribution in [2.45, 2.75) is 82.6 Å². The quantitative estimate of drug-likeness (QED) is 0.441. The predicted octanol–water partition coefficient (Wildman–Crippen LogP) is 6.03. The van der Waals surface area contributed by atoms with Gasteiger partial charge in [-0.05, 0) is 74.6 Å². The van der Waals surface area contributed by atoms with Crippen LogP contribution in [0.2, 0.25) is 0 Å². The molecule has 2 heterocycles. The van der Waals surface area contributed by atoms with E-state index in [9.17, 15) is 27.2 Å². The third kappa shape index (κ3) is 4.84. The van der Waals surface area contributed by atoms with Crippen molar-refractivity contribution in [3.63, 3.8) is 0 Å². The summed E-state index contributed by atoms with van der Waals surface area (Å²) in [7, 11) is 0. The molecule has 0 bridgehead atoms. The number of rotatable bonds is 4. The number of hydrogen-bond acceptors (Lipinski definition) is 2. The molecule has 8 heteroatoms. The first-order chi connectivity index (χ1) is 18.3. The number of alkyl halides is 4. The smallest absolute Gasteiger partial charge is 0.343 e. The van der Waals surface area contributed by atoms with E-state index in [1.54, 1.807) is 17.9 Å². The Bertz CT molecular complexity index is 1250. The number of likely N-dealkylation sites (tertiary alicyclic amines) is 2. The predicted molar refractivity (Wildman–Crippen MR) is 141 cm³/mol. The molecule has 0 spiro atoms. The highest BCUT2D eigenvalue weighted by Crippen LogP contribution is 2.51. The first kappa shape index (κ1) is 27.7. The van der Waals surface area contributed by atoms with Crippen LogP contribution in [0.4, 0.5) is 17.6 Å². The Kier molecular flexibility index (Phi) is 7.04. The van der Waals surface area contributed by atoms with E-state index in [1.807, 2.05) is 24.0 Å². The Hall–Kier alpha value is -2.90. The number of hydrogen-bond donors (Lipinski definition) is 0. The summed E-state index contributed by atoms with van der Waals surface area (Å²) < 4.78 is 55.4. The average molecular weight is 545 g/mol. The van der Waals surface area contributed by atoms with Gasteiger partial charge in [-0.3, -0.25) is 9.59 Å². The summed E-state index contributed by atoms with van der Waals surface area (Å²) >= 11 is 0. The topological polar surface area (TPSA) is 40.6 Å². The van der Waals surface area contributed by atoms with Crippen molar-refractivity contribution in [3.8, 4) is 0 Å². The molecule has 3 atom stereocenters. The molecule has 5 rings (SSSR count). The Labute approximate surface area is 227 Å². The fraction of sp³-hybridized carbons (Fsp3) is 0.548. The van der Waals surface area contributed by atoms with Gasteiger partial charge in [-0.2, -0.15) is 13.2 Å². The first-order valence-electron chi connectivity index (χ1n) is 13.8. The summed E-state index contributed by atoms with van der Waals surface area (Å²) in [4.78, 5) is 29.4. The molecule has 1 aliphatic carbocycles. The molecule has 2 fully saturated rings. The Morgan fingerprint density at radius 2 is 1.64 bits per heavy atom. The number of aryl methyl sites for hydroxylation is 2. The maximum absolute atomic E-state index is 14.9. The highest BCUT2D eigenvalue weighted by molar-refractivity contribution is 5.81. The number of nitrogens with zero attached hydrogens (tertiary/aromatic N) is 2. The maximum atomic E-state index is 14.9. The second-order valence-corrected chi connectivity index (χ2v) is 11.8. The van der Waals surface area contributed by atoms with Crippen molar-refractivity contribution in [2.75, 3.05) is 19.6 Å². The van der Waals surface area contributed by atoms with Crippen LogP contribution in [0, 0.1) is 12.8 Å². The van der Waals surface area contributed by atoms with E-state index in [1.165, 1.54) is 12.1 Å². The van der Waals surface area contributed by atoms with Gasteiger partial charge in [-0.1, -0.05) is 48.0 Å². The van der Waals surface area contributed by atoms with Crippen molar-refractivity contribution in [1.29, 1.82) is 0 Å². The number of halogens is 4. The summed E-state index contributed by atoms with van der Waals surface area (Å²) in [5, 5.41) is 0. The number of carbonyl (C=O) groups is 2. The van der Waals surface area contributed by atoms with Gasteiger partial charge >= 0.3 is 6.18 Å². The third-order valence-electron chi connectivity index (χ3n) is 9.43. The van der Waals surface area contributed by atoms with Crippen molar-refractivity contribution in [2.24, 2.45) is 5.92 Å². The lowest BCUT2D eigenvalue weighted by atomic mass is 9.63. The lowest BCUT2D eigenvalue weighted by molar-refractivity contribution is -0.228. The normalized spacial score (nSPS) is 25.2. The summed E-state index contributed by atoms with van der Waals surface area (Å²) in [6.45, 7) is 5.87. The van der Waals surface area contributed by atoms with Crippen LogP contribution in [-0.4, -0.2) is 53.5 Å². The second-order valence-electron chi connectivity index (χ2n) is 11.8. The first-order valence-corrected chi connectivity index (χ1v) is 13.8. The number of piperidine rings is 1. The fourth-order valence-electron chi connectivity index (χ4n) is 7.03. The van der Waals surface area contributed by atoms with Crippen LogP contribution in [-0.2, 0) is 33.5 Å². The van der Waals surface area contributed by atoms with E-state index >= 15 is 0 Å². The Morgan fingerprint density at radius 1 is 0.974 bits per heavy atom. The number of fused-ring (bicyclic) bond motifs is 3. The second kappa shape index (κ2) is 9.93. The molecule has 2 aromatic rings. The SMILES string of the molecule is CC(=O)N1CCC(C(=O)N2CCC3(Cc4ccc(C)cc4)c4ccc(C(C)(F)C(F)(F)F)cc4CCC23)CC1. The zero-order valence-corrected chi connectivity index (χ0v) is 22.8. The highest BCUT2D eigenvalue weighted by atomic mass is 19.4. The maximum Gasteiger partial charge on any atom is 0.426 e. The van der Waals surface area contributed by atoms with Crippen molar-refractivity contribution in [1.82, 2.24) is 9.80 Å². The molecule has 0 radical (unpaired) electrons. The Morgan fingerprint density at radius 3 is 2.26 bits per heavy atom. The van der Waals surface area contributed by atoms with Crippen LogP contribution < -0.4 is 0 Å². The molecule has 210 valence electrons. The molecule has 2 aromatic carbocycles. The van der Waals surface area contributed by atoms with Gasteiger partial charge in [0.1, 0.15) is 0 Å². The molecule has 0 N–H and O–H groups in total. The minimum atomic E-state index is -5.01. The molecule has 4 nitrogen and oxygen atoms in total. The van der Waals surface area contributed by atoms with E-state index in [4.69, 9.17) is 0 Å². The number of amides is 2. The van der Waals surface area contributed by atoms with Crippen LogP contribution in [0.15, 0.2) is 42.5 Å². The molecule has 3 aliphatic rings. The molecule has 2 aliphatic heterocycles. The van der Waals surface area contributed by atoms with E-state index in [-0.39, 0.29) is 29.3 Å². The Balaban J connectivity index is 1.49. The summed E-state index contributed by atoms with van der Waals surface area (Å²) in [5.74, 6) is -0.00150. The summed E-state index contributed by atoms with van der Waals surface area (Å²) in [6, 6.07) is 12.5. The molecule has 2 saturated heterocycles. The molecular formula is C31H36F4N2O2. The van der Waals surface area contributed by atoms with E-state index < -0.39 is 17.3 Å². The summed E-state index contributed by atoms with van der Waals surface area (Å²) in [6.07, 6.45) is -1.27. The van der Waals surface area contributed by atoms with Crippen molar-refractivity contribution < 1.29 is 27.2 Å².